The monoisotopic (exact) mass is 273 g/mol. The summed E-state index contributed by atoms with van der Waals surface area (Å²) in [6.45, 7) is 3.25. The van der Waals surface area contributed by atoms with Crippen molar-refractivity contribution in [2.75, 3.05) is 6.61 Å². The lowest BCUT2D eigenvalue weighted by atomic mass is 9.88. The molecule has 2 atom stereocenters. The molecule has 1 aromatic rings. The van der Waals surface area contributed by atoms with Gasteiger partial charge in [0.1, 0.15) is 0 Å². The van der Waals surface area contributed by atoms with Gasteiger partial charge in [-0.1, -0.05) is 43.2 Å². The summed E-state index contributed by atoms with van der Waals surface area (Å²) < 4.78 is 6.12. The topological polar surface area (TPSA) is 21.3 Å². The minimum absolute atomic E-state index is 0.225. The van der Waals surface area contributed by atoms with E-state index in [2.05, 4.69) is 42.6 Å². The number of hydrogen-bond donors (Lipinski definition) is 1. The van der Waals surface area contributed by atoms with Gasteiger partial charge in [0, 0.05) is 18.7 Å². The second kappa shape index (κ2) is 6.28. The van der Waals surface area contributed by atoms with Crippen molar-refractivity contribution in [3.63, 3.8) is 0 Å². The van der Waals surface area contributed by atoms with Crippen molar-refractivity contribution >= 4 is 0 Å². The van der Waals surface area contributed by atoms with Crippen LogP contribution in [0.1, 0.15) is 51.0 Å². The fraction of sp³-hybridized carbons (Fsp3) is 0.667. The van der Waals surface area contributed by atoms with Crippen molar-refractivity contribution in [3.05, 3.63) is 35.9 Å². The molecule has 1 aromatic carbocycles. The minimum atomic E-state index is 0.225. The third-order valence-corrected chi connectivity index (χ3v) is 4.91. The van der Waals surface area contributed by atoms with E-state index in [0.29, 0.717) is 12.1 Å². The van der Waals surface area contributed by atoms with Gasteiger partial charge >= 0.3 is 0 Å². The molecule has 1 aliphatic carbocycles. The van der Waals surface area contributed by atoms with E-state index < -0.39 is 0 Å². The van der Waals surface area contributed by atoms with Crippen LogP contribution < -0.4 is 5.32 Å². The molecule has 1 heterocycles. The summed E-state index contributed by atoms with van der Waals surface area (Å²) in [5.74, 6) is 0. The smallest absolute Gasteiger partial charge is 0.0697 e. The molecule has 2 nitrogen and oxygen atoms in total. The van der Waals surface area contributed by atoms with E-state index >= 15 is 0 Å². The Bertz CT molecular complexity index is 411. The maximum Gasteiger partial charge on any atom is 0.0697 e. The largest absolute Gasteiger partial charge is 0.375 e. The zero-order valence-electron chi connectivity index (χ0n) is 12.6. The van der Waals surface area contributed by atoms with Gasteiger partial charge in [-0.25, -0.2) is 0 Å². The van der Waals surface area contributed by atoms with Crippen LogP contribution in [0.5, 0.6) is 0 Å². The molecular weight excluding hydrogens is 246 g/mol. The number of benzene rings is 1. The number of rotatable bonds is 4. The average Bonchev–Trinajstić information content (AvgIpc) is 2.87. The second-order valence-electron chi connectivity index (χ2n) is 6.69. The average molecular weight is 273 g/mol. The van der Waals surface area contributed by atoms with Crippen molar-refractivity contribution in [1.29, 1.82) is 0 Å². The van der Waals surface area contributed by atoms with Crippen LogP contribution in [0.15, 0.2) is 30.3 Å². The Morgan fingerprint density at radius 3 is 2.75 bits per heavy atom. The summed E-state index contributed by atoms with van der Waals surface area (Å²) in [5, 5.41) is 3.84. The molecule has 1 saturated heterocycles. The van der Waals surface area contributed by atoms with Crippen LogP contribution >= 0.6 is 0 Å². The van der Waals surface area contributed by atoms with E-state index in [9.17, 15) is 0 Å². The second-order valence-corrected chi connectivity index (χ2v) is 6.69. The molecular formula is C18H27NO. The van der Waals surface area contributed by atoms with Gasteiger partial charge in [0.05, 0.1) is 5.60 Å². The molecule has 3 rings (SSSR count). The van der Waals surface area contributed by atoms with E-state index in [-0.39, 0.29) is 5.60 Å². The first-order chi connectivity index (χ1) is 9.76. The first kappa shape index (κ1) is 14.1. The van der Waals surface area contributed by atoms with Crippen LogP contribution in [0.25, 0.3) is 0 Å². The minimum Gasteiger partial charge on any atom is -0.375 e. The van der Waals surface area contributed by atoms with Gasteiger partial charge in [-0.2, -0.15) is 0 Å². The molecule has 1 aliphatic heterocycles. The van der Waals surface area contributed by atoms with Gasteiger partial charge in [-0.3, -0.25) is 0 Å². The Balaban J connectivity index is 1.52. The molecule has 0 radical (unpaired) electrons. The third-order valence-electron chi connectivity index (χ3n) is 4.91. The SMILES string of the molecule is CC(Cc1ccccc1)NC1CCOC2(CCCC2)C1. The Hall–Kier alpha value is -0.860. The maximum atomic E-state index is 6.12. The molecule has 1 N–H and O–H groups in total. The number of ether oxygens (including phenoxy) is 1. The van der Waals surface area contributed by atoms with Crippen molar-refractivity contribution in [2.45, 2.75) is 69.6 Å². The summed E-state index contributed by atoms with van der Waals surface area (Å²) in [5.41, 5.74) is 1.65. The standard InChI is InChI=1S/C18H27NO/c1-15(13-16-7-3-2-4-8-16)19-17-9-12-20-18(14-17)10-5-6-11-18/h2-4,7-8,15,17,19H,5-6,9-14H2,1H3. The number of nitrogens with one attached hydrogen (secondary N) is 1. The Morgan fingerprint density at radius 2 is 2.00 bits per heavy atom. The first-order valence-electron chi connectivity index (χ1n) is 8.20. The highest BCUT2D eigenvalue weighted by Crippen LogP contribution is 2.40. The van der Waals surface area contributed by atoms with Gasteiger partial charge in [0.15, 0.2) is 0 Å². The van der Waals surface area contributed by atoms with E-state index in [4.69, 9.17) is 4.74 Å². The van der Waals surface area contributed by atoms with Gasteiger partial charge < -0.3 is 10.1 Å². The summed E-state index contributed by atoms with van der Waals surface area (Å²) in [6.07, 6.45) is 8.76. The highest BCUT2D eigenvalue weighted by molar-refractivity contribution is 5.15. The molecule has 2 unspecified atom stereocenters. The molecule has 0 aromatic heterocycles. The van der Waals surface area contributed by atoms with Crippen molar-refractivity contribution < 1.29 is 4.74 Å². The van der Waals surface area contributed by atoms with Crippen LogP contribution in [0, 0.1) is 0 Å². The number of hydrogen-bond acceptors (Lipinski definition) is 2. The van der Waals surface area contributed by atoms with E-state index in [0.717, 1.165) is 13.0 Å². The maximum absolute atomic E-state index is 6.12. The highest BCUT2D eigenvalue weighted by Gasteiger charge is 2.39. The van der Waals surface area contributed by atoms with Gasteiger partial charge in [0.25, 0.3) is 0 Å². The van der Waals surface area contributed by atoms with Crippen molar-refractivity contribution in [1.82, 2.24) is 5.32 Å². The van der Waals surface area contributed by atoms with Crippen LogP contribution in [0.2, 0.25) is 0 Å². The molecule has 20 heavy (non-hydrogen) atoms. The third kappa shape index (κ3) is 3.42. The van der Waals surface area contributed by atoms with Crippen LogP contribution in [-0.4, -0.2) is 24.3 Å². The lowest BCUT2D eigenvalue weighted by Crippen LogP contribution is -2.48. The molecule has 110 valence electrons. The predicted molar refractivity (Wildman–Crippen MR) is 82.9 cm³/mol. The lowest BCUT2D eigenvalue weighted by molar-refractivity contribution is -0.0845. The summed E-state index contributed by atoms with van der Waals surface area (Å²) in [6, 6.07) is 12.0. The van der Waals surface area contributed by atoms with Gasteiger partial charge in [-0.15, -0.1) is 0 Å². The normalized spacial score (nSPS) is 26.8. The van der Waals surface area contributed by atoms with Gasteiger partial charge in [0.2, 0.25) is 0 Å². The molecule has 2 fully saturated rings. The molecule has 0 bridgehead atoms. The summed E-state index contributed by atoms with van der Waals surface area (Å²) >= 11 is 0. The van der Waals surface area contributed by atoms with Crippen LogP contribution in [-0.2, 0) is 11.2 Å². The van der Waals surface area contributed by atoms with E-state index in [1.807, 2.05) is 0 Å². The molecule has 1 spiro atoms. The fourth-order valence-corrected chi connectivity index (χ4v) is 3.97. The van der Waals surface area contributed by atoms with E-state index in [1.165, 1.54) is 44.1 Å². The molecule has 2 aliphatic rings. The molecule has 1 saturated carbocycles. The summed E-state index contributed by atoms with van der Waals surface area (Å²) in [7, 11) is 0. The van der Waals surface area contributed by atoms with Crippen molar-refractivity contribution in [2.24, 2.45) is 0 Å². The predicted octanol–water partition coefficient (Wildman–Crippen LogP) is 3.70. The van der Waals surface area contributed by atoms with Crippen LogP contribution in [0.3, 0.4) is 0 Å². The van der Waals surface area contributed by atoms with E-state index in [1.54, 1.807) is 0 Å². The molecule has 0 amide bonds. The Morgan fingerprint density at radius 1 is 1.25 bits per heavy atom. The quantitative estimate of drug-likeness (QED) is 0.903. The zero-order chi connectivity index (χ0) is 13.8. The zero-order valence-corrected chi connectivity index (χ0v) is 12.6. The highest BCUT2D eigenvalue weighted by atomic mass is 16.5. The van der Waals surface area contributed by atoms with Gasteiger partial charge in [-0.05, 0) is 44.6 Å². The van der Waals surface area contributed by atoms with Crippen molar-refractivity contribution in [3.8, 4) is 0 Å². The fourth-order valence-electron chi connectivity index (χ4n) is 3.97. The lowest BCUT2D eigenvalue weighted by Gasteiger charge is -2.39. The summed E-state index contributed by atoms with van der Waals surface area (Å²) in [4.78, 5) is 0. The Kier molecular flexibility index (Phi) is 4.42. The first-order valence-corrected chi connectivity index (χ1v) is 8.20. The van der Waals surface area contributed by atoms with Crippen LogP contribution in [0.4, 0.5) is 0 Å². The Labute approximate surface area is 122 Å². The molecule has 2 heteroatoms.